The van der Waals surface area contributed by atoms with E-state index >= 15 is 0 Å². The zero-order valence-corrected chi connectivity index (χ0v) is 12.9. The Morgan fingerprint density at radius 3 is 2.48 bits per heavy atom. The van der Waals surface area contributed by atoms with E-state index in [1.54, 1.807) is 19.1 Å². The van der Waals surface area contributed by atoms with Crippen molar-refractivity contribution >= 4 is 17.0 Å². The molecule has 5 nitrogen and oxygen atoms in total. The first-order valence-corrected chi connectivity index (χ1v) is 7.25. The first-order valence-electron chi connectivity index (χ1n) is 7.25. The fraction of sp³-hybridized carbons (Fsp3) is 0.500. The molecule has 1 heterocycles. The van der Waals surface area contributed by atoms with E-state index in [0.717, 1.165) is 11.3 Å². The van der Waals surface area contributed by atoms with Crippen molar-refractivity contribution in [2.45, 2.75) is 52.2 Å². The first kappa shape index (κ1) is 15.5. The molecule has 0 amide bonds. The minimum atomic E-state index is -0.969. The van der Waals surface area contributed by atoms with Gasteiger partial charge in [0.1, 0.15) is 11.3 Å². The van der Waals surface area contributed by atoms with Gasteiger partial charge in [0.25, 0.3) is 0 Å². The standard InChI is InChI=1S/C16H22N2O3/c1-9(2)15-17-14-12(16(20)21)6-5-7-13(14)18(15)10(3)8-11(4)19/h5-7,9-11,19H,8H2,1-4H3,(H,20,21). The summed E-state index contributed by atoms with van der Waals surface area (Å²) < 4.78 is 2.05. The number of imidazole rings is 1. The Labute approximate surface area is 124 Å². The number of nitrogens with zero attached hydrogens (tertiary/aromatic N) is 2. The van der Waals surface area contributed by atoms with E-state index in [-0.39, 0.29) is 17.5 Å². The highest BCUT2D eigenvalue weighted by Crippen LogP contribution is 2.29. The molecule has 0 aliphatic heterocycles. The van der Waals surface area contributed by atoms with Crippen LogP contribution in [-0.2, 0) is 0 Å². The number of benzene rings is 1. The molecule has 0 aliphatic rings. The molecular weight excluding hydrogens is 268 g/mol. The van der Waals surface area contributed by atoms with Gasteiger partial charge in [-0.3, -0.25) is 0 Å². The van der Waals surface area contributed by atoms with Crippen molar-refractivity contribution in [1.82, 2.24) is 9.55 Å². The van der Waals surface area contributed by atoms with Crippen LogP contribution in [-0.4, -0.2) is 31.8 Å². The maximum Gasteiger partial charge on any atom is 0.337 e. The summed E-state index contributed by atoms with van der Waals surface area (Å²) in [4.78, 5) is 15.9. The SMILES string of the molecule is CC(O)CC(C)n1c(C(C)C)nc2c(C(=O)O)cccc21. The summed E-state index contributed by atoms with van der Waals surface area (Å²) in [6.07, 6.45) is 0.183. The molecule has 0 saturated heterocycles. The second-order valence-electron chi connectivity index (χ2n) is 5.91. The molecule has 0 radical (unpaired) electrons. The Morgan fingerprint density at radius 1 is 1.29 bits per heavy atom. The van der Waals surface area contributed by atoms with Gasteiger partial charge in [0.05, 0.1) is 17.2 Å². The summed E-state index contributed by atoms with van der Waals surface area (Å²) in [5, 5.41) is 19.0. The zero-order valence-electron chi connectivity index (χ0n) is 12.9. The smallest absolute Gasteiger partial charge is 0.337 e. The third-order valence-electron chi connectivity index (χ3n) is 3.62. The van der Waals surface area contributed by atoms with Crippen molar-refractivity contribution in [2.75, 3.05) is 0 Å². The zero-order chi connectivity index (χ0) is 15.7. The van der Waals surface area contributed by atoms with Crippen LogP contribution in [0, 0.1) is 0 Å². The maximum absolute atomic E-state index is 11.4. The molecule has 2 unspecified atom stereocenters. The number of aliphatic hydroxyl groups is 1. The number of carboxylic acids is 1. The molecule has 21 heavy (non-hydrogen) atoms. The van der Waals surface area contributed by atoms with Crippen molar-refractivity contribution in [1.29, 1.82) is 0 Å². The lowest BCUT2D eigenvalue weighted by Crippen LogP contribution is -2.15. The van der Waals surface area contributed by atoms with Crippen LogP contribution in [0.1, 0.15) is 62.3 Å². The van der Waals surface area contributed by atoms with E-state index in [4.69, 9.17) is 0 Å². The van der Waals surface area contributed by atoms with Gasteiger partial charge in [-0.25, -0.2) is 9.78 Å². The second kappa shape index (κ2) is 5.85. The number of aromatic nitrogens is 2. The molecule has 0 bridgehead atoms. The summed E-state index contributed by atoms with van der Waals surface area (Å²) in [5.41, 5.74) is 1.55. The van der Waals surface area contributed by atoms with E-state index in [0.29, 0.717) is 11.9 Å². The van der Waals surface area contributed by atoms with Crippen LogP contribution in [0.2, 0.25) is 0 Å². The van der Waals surface area contributed by atoms with Gasteiger partial charge in [-0.1, -0.05) is 19.9 Å². The van der Waals surface area contributed by atoms with Gasteiger partial charge in [-0.05, 0) is 32.4 Å². The number of fused-ring (bicyclic) bond motifs is 1. The molecule has 0 saturated carbocycles. The lowest BCUT2D eigenvalue weighted by Gasteiger charge is -2.20. The largest absolute Gasteiger partial charge is 0.478 e. The Hall–Kier alpha value is -1.88. The summed E-state index contributed by atoms with van der Waals surface area (Å²) in [6.45, 7) is 7.85. The van der Waals surface area contributed by atoms with Crippen LogP contribution < -0.4 is 0 Å². The van der Waals surface area contributed by atoms with Crippen molar-refractivity contribution < 1.29 is 15.0 Å². The topological polar surface area (TPSA) is 75.3 Å². The van der Waals surface area contributed by atoms with Crippen molar-refractivity contribution in [3.63, 3.8) is 0 Å². The third-order valence-corrected chi connectivity index (χ3v) is 3.62. The van der Waals surface area contributed by atoms with Crippen LogP contribution in [0.3, 0.4) is 0 Å². The Morgan fingerprint density at radius 2 is 1.95 bits per heavy atom. The van der Waals surface area contributed by atoms with Crippen molar-refractivity contribution in [2.24, 2.45) is 0 Å². The van der Waals surface area contributed by atoms with Crippen molar-refractivity contribution in [3.05, 3.63) is 29.6 Å². The van der Waals surface area contributed by atoms with Gasteiger partial charge in [-0.15, -0.1) is 0 Å². The molecule has 0 spiro atoms. The second-order valence-corrected chi connectivity index (χ2v) is 5.91. The highest BCUT2D eigenvalue weighted by Gasteiger charge is 2.22. The number of hydrogen-bond acceptors (Lipinski definition) is 3. The minimum absolute atomic E-state index is 0.0523. The maximum atomic E-state index is 11.4. The van der Waals surface area contributed by atoms with E-state index in [1.165, 1.54) is 0 Å². The van der Waals surface area contributed by atoms with Crippen LogP contribution in [0.15, 0.2) is 18.2 Å². The lowest BCUT2D eigenvalue weighted by atomic mass is 10.1. The predicted octanol–water partition coefficient (Wildman–Crippen LogP) is 3.19. The lowest BCUT2D eigenvalue weighted by molar-refractivity contribution is 0.0698. The molecule has 2 N–H and O–H groups in total. The molecule has 114 valence electrons. The van der Waals surface area contributed by atoms with Crippen LogP contribution in [0.5, 0.6) is 0 Å². The average molecular weight is 290 g/mol. The van der Waals surface area contributed by atoms with Gasteiger partial charge in [0, 0.05) is 12.0 Å². The predicted molar refractivity (Wildman–Crippen MR) is 81.8 cm³/mol. The molecular formula is C16H22N2O3. The molecule has 0 fully saturated rings. The van der Waals surface area contributed by atoms with Crippen LogP contribution in [0.25, 0.3) is 11.0 Å². The monoisotopic (exact) mass is 290 g/mol. The number of para-hydroxylation sites is 1. The number of carboxylic acid groups (broad SMARTS) is 1. The third kappa shape index (κ3) is 2.93. The number of rotatable bonds is 5. The minimum Gasteiger partial charge on any atom is -0.478 e. The normalized spacial score (nSPS) is 14.6. The van der Waals surface area contributed by atoms with Gasteiger partial charge in [0.15, 0.2) is 0 Å². The molecule has 2 aromatic rings. The highest BCUT2D eigenvalue weighted by atomic mass is 16.4. The fourth-order valence-corrected chi connectivity index (χ4v) is 2.78. The quantitative estimate of drug-likeness (QED) is 0.886. The number of aromatic carboxylic acids is 1. The summed E-state index contributed by atoms with van der Waals surface area (Å²) in [6, 6.07) is 5.25. The molecule has 1 aromatic heterocycles. The number of aliphatic hydroxyl groups excluding tert-OH is 1. The fourth-order valence-electron chi connectivity index (χ4n) is 2.78. The Balaban J connectivity index is 2.69. The Bertz CT molecular complexity index is 659. The highest BCUT2D eigenvalue weighted by molar-refractivity contribution is 6.01. The first-order chi connectivity index (χ1) is 9.82. The van der Waals surface area contributed by atoms with E-state index in [2.05, 4.69) is 9.55 Å². The van der Waals surface area contributed by atoms with Gasteiger partial charge < -0.3 is 14.8 Å². The van der Waals surface area contributed by atoms with E-state index < -0.39 is 12.1 Å². The van der Waals surface area contributed by atoms with E-state index in [9.17, 15) is 15.0 Å². The summed E-state index contributed by atoms with van der Waals surface area (Å²) in [5.74, 6) is 0.0612. The molecule has 1 aromatic carbocycles. The van der Waals surface area contributed by atoms with Crippen LogP contribution >= 0.6 is 0 Å². The molecule has 2 rings (SSSR count). The molecule has 2 atom stereocenters. The molecule has 0 aliphatic carbocycles. The average Bonchev–Trinajstić information content (AvgIpc) is 2.76. The van der Waals surface area contributed by atoms with E-state index in [1.807, 2.05) is 26.8 Å². The Kier molecular flexibility index (Phi) is 4.32. The number of hydrogen-bond donors (Lipinski definition) is 2. The summed E-state index contributed by atoms with van der Waals surface area (Å²) in [7, 11) is 0. The van der Waals surface area contributed by atoms with Crippen molar-refractivity contribution in [3.8, 4) is 0 Å². The molecule has 5 heteroatoms. The van der Waals surface area contributed by atoms with Gasteiger partial charge >= 0.3 is 5.97 Å². The van der Waals surface area contributed by atoms with Crippen LogP contribution in [0.4, 0.5) is 0 Å². The number of carbonyl (C=O) groups is 1. The summed E-state index contributed by atoms with van der Waals surface area (Å²) >= 11 is 0. The van der Waals surface area contributed by atoms with Gasteiger partial charge in [0.2, 0.25) is 0 Å². The van der Waals surface area contributed by atoms with Gasteiger partial charge in [-0.2, -0.15) is 0 Å².